The summed E-state index contributed by atoms with van der Waals surface area (Å²) in [6.45, 7) is 4.38. The zero-order chi connectivity index (χ0) is 13.5. The molecule has 0 heterocycles. The summed E-state index contributed by atoms with van der Waals surface area (Å²) in [7, 11) is 0. The second kappa shape index (κ2) is 14.5. The second-order valence-electron chi connectivity index (χ2n) is 4.69. The van der Waals surface area contributed by atoms with Crippen LogP contribution < -0.4 is 0 Å². The highest BCUT2D eigenvalue weighted by molar-refractivity contribution is 5.00. The third kappa shape index (κ3) is 15.4. The average Bonchev–Trinajstić information content (AvgIpc) is 2.34. The SMILES string of the molecule is CC=CC=CCCCCCCCCCOC(C)O. The van der Waals surface area contributed by atoms with E-state index in [0.29, 0.717) is 6.61 Å². The smallest absolute Gasteiger partial charge is 0.151 e. The summed E-state index contributed by atoms with van der Waals surface area (Å²) in [6, 6.07) is 0. The molecule has 2 nitrogen and oxygen atoms in total. The van der Waals surface area contributed by atoms with Gasteiger partial charge in [0.2, 0.25) is 0 Å². The van der Waals surface area contributed by atoms with Crippen LogP contribution in [0.1, 0.15) is 65.2 Å². The molecule has 0 fully saturated rings. The van der Waals surface area contributed by atoms with E-state index in [4.69, 9.17) is 9.84 Å². The highest BCUT2D eigenvalue weighted by atomic mass is 16.6. The van der Waals surface area contributed by atoms with Crippen molar-refractivity contribution in [2.45, 2.75) is 71.5 Å². The minimum absolute atomic E-state index is 0.611. The molecule has 2 heteroatoms. The molecule has 0 rings (SSSR count). The summed E-state index contributed by atoms with van der Waals surface area (Å²) in [5, 5.41) is 8.90. The van der Waals surface area contributed by atoms with E-state index >= 15 is 0 Å². The molecule has 0 aromatic heterocycles. The Balaban J connectivity index is 3.03. The van der Waals surface area contributed by atoms with Crippen LogP contribution >= 0.6 is 0 Å². The van der Waals surface area contributed by atoms with E-state index in [1.165, 1.54) is 44.9 Å². The van der Waals surface area contributed by atoms with Crippen LogP contribution in [0.5, 0.6) is 0 Å². The van der Waals surface area contributed by atoms with Crippen LogP contribution in [0, 0.1) is 0 Å². The molecule has 106 valence electrons. The van der Waals surface area contributed by atoms with Crippen LogP contribution in [0.15, 0.2) is 24.3 Å². The Morgan fingerprint density at radius 2 is 1.56 bits per heavy atom. The van der Waals surface area contributed by atoms with Crippen molar-refractivity contribution in [2.24, 2.45) is 0 Å². The minimum atomic E-state index is -0.611. The van der Waals surface area contributed by atoms with E-state index in [9.17, 15) is 0 Å². The predicted octanol–water partition coefficient (Wildman–Crippen LogP) is 4.59. The number of aliphatic hydroxyl groups is 1. The molecule has 0 saturated carbocycles. The second-order valence-corrected chi connectivity index (χ2v) is 4.69. The molecule has 0 spiro atoms. The van der Waals surface area contributed by atoms with Crippen molar-refractivity contribution in [3.05, 3.63) is 24.3 Å². The maximum Gasteiger partial charge on any atom is 0.151 e. The lowest BCUT2D eigenvalue weighted by atomic mass is 10.1. The number of unbranched alkanes of at least 4 members (excludes halogenated alkanes) is 7. The monoisotopic (exact) mass is 254 g/mol. The van der Waals surface area contributed by atoms with Gasteiger partial charge in [-0.3, -0.25) is 0 Å². The molecule has 0 aliphatic rings. The van der Waals surface area contributed by atoms with Crippen molar-refractivity contribution in [3.63, 3.8) is 0 Å². The Kier molecular flexibility index (Phi) is 14.0. The average molecular weight is 254 g/mol. The van der Waals surface area contributed by atoms with Gasteiger partial charge in [0.1, 0.15) is 0 Å². The molecule has 18 heavy (non-hydrogen) atoms. The molecule has 0 aromatic carbocycles. The van der Waals surface area contributed by atoms with Crippen LogP contribution in [-0.4, -0.2) is 18.0 Å². The number of allylic oxidation sites excluding steroid dienone is 4. The third-order valence-corrected chi connectivity index (χ3v) is 2.81. The van der Waals surface area contributed by atoms with Gasteiger partial charge in [0.05, 0.1) is 0 Å². The van der Waals surface area contributed by atoms with Crippen molar-refractivity contribution in [1.82, 2.24) is 0 Å². The lowest BCUT2D eigenvalue weighted by Crippen LogP contribution is -2.06. The Hall–Kier alpha value is -0.600. The van der Waals surface area contributed by atoms with Gasteiger partial charge in [0.25, 0.3) is 0 Å². The standard InChI is InChI=1S/C16H30O2/c1-3-4-5-6-7-8-9-10-11-12-13-14-15-18-16(2)17/h3-6,16-17H,7-15H2,1-2H3. The first-order valence-electron chi connectivity index (χ1n) is 7.35. The molecule has 0 aliphatic carbocycles. The maximum atomic E-state index is 8.90. The predicted molar refractivity (Wildman–Crippen MR) is 78.5 cm³/mol. The first kappa shape index (κ1) is 17.4. The topological polar surface area (TPSA) is 29.5 Å². The molecule has 1 N–H and O–H groups in total. The van der Waals surface area contributed by atoms with Gasteiger partial charge < -0.3 is 9.84 Å². The van der Waals surface area contributed by atoms with Gasteiger partial charge in [-0.15, -0.1) is 0 Å². The Morgan fingerprint density at radius 3 is 2.17 bits per heavy atom. The highest BCUT2D eigenvalue weighted by Crippen LogP contribution is 2.09. The Bertz CT molecular complexity index is 207. The van der Waals surface area contributed by atoms with E-state index in [-0.39, 0.29) is 0 Å². The van der Waals surface area contributed by atoms with E-state index in [1.54, 1.807) is 6.92 Å². The molecular formula is C16H30O2. The fraction of sp³-hybridized carbons (Fsp3) is 0.750. The first-order chi connectivity index (χ1) is 8.77. The summed E-state index contributed by atoms with van der Waals surface area (Å²) < 4.78 is 5.08. The molecule has 0 aromatic rings. The van der Waals surface area contributed by atoms with Gasteiger partial charge in [0, 0.05) is 6.61 Å². The molecule has 0 radical (unpaired) electrons. The lowest BCUT2D eigenvalue weighted by molar-refractivity contribution is -0.0859. The van der Waals surface area contributed by atoms with Crippen LogP contribution in [0.3, 0.4) is 0 Å². The van der Waals surface area contributed by atoms with Gasteiger partial charge in [-0.05, 0) is 33.1 Å². The zero-order valence-electron chi connectivity index (χ0n) is 12.1. The highest BCUT2D eigenvalue weighted by Gasteiger charge is 1.94. The van der Waals surface area contributed by atoms with E-state index in [2.05, 4.69) is 24.3 Å². The fourth-order valence-corrected chi connectivity index (χ4v) is 1.79. The summed E-state index contributed by atoms with van der Waals surface area (Å²) in [4.78, 5) is 0. The largest absolute Gasteiger partial charge is 0.368 e. The molecule has 0 saturated heterocycles. The fourth-order valence-electron chi connectivity index (χ4n) is 1.79. The third-order valence-electron chi connectivity index (χ3n) is 2.81. The molecular weight excluding hydrogens is 224 g/mol. The summed E-state index contributed by atoms with van der Waals surface area (Å²) in [6.07, 6.45) is 18.0. The number of ether oxygens (including phenoxy) is 1. The van der Waals surface area contributed by atoms with E-state index in [1.807, 2.05) is 6.92 Å². The van der Waals surface area contributed by atoms with Crippen molar-refractivity contribution >= 4 is 0 Å². The number of rotatable bonds is 12. The summed E-state index contributed by atoms with van der Waals surface area (Å²) in [5.74, 6) is 0. The number of aliphatic hydroxyl groups excluding tert-OH is 1. The summed E-state index contributed by atoms with van der Waals surface area (Å²) in [5.41, 5.74) is 0. The summed E-state index contributed by atoms with van der Waals surface area (Å²) >= 11 is 0. The Labute approximate surface area is 113 Å². The first-order valence-corrected chi connectivity index (χ1v) is 7.35. The number of hydrogen-bond acceptors (Lipinski definition) is 2. The van der Waals surface area contributed by atoms with Gasteiger partial charge in [-0.1, -0.05) is 56.4 Å². The van der Waals surface area contributed by atoms with Crippen molar-refractivity contribution in [1.29, 1.82) is 0 Å². The van der Waals surface area contributed by atoms with Crippen LogP contribution in [-0.2, 0) is 4.74 Å². The van der Waals surface area contributed by atoms with Crippen LogP contribution in [0.4, 0.5) is 0 Å². The van der Waals surface area contributed by atoms with Crippen molar-refractivity contribution in [2.75, 3.05) is 6.61 Å². The molecule has 1 atom stereocenters. The van der Waals surface area contributed by atoms with Gasteiger partial charge in [-0.2, -0.15) is 0 Å². The number of hydrogen-bond donors (Lipinski definition) is 1. The normalized spacial score (nSPS) is 13.7. The van der Waals surface area contributed by atoms with Gasteiger partial charge >= 0.3 is 0 Å². The van der Waals surface area contributed by atoms with Crippen molar-refractivity contribution in [3.8, 4) is 0 Å². The maximum absolute atomic E-state index is 8.90. The van der Waals surface area contributed by atoms with Gasteiger partial charge in [0.15, 0.2) is 6.29 Å². The lowest BCUT2D eigenvalue weighted by Gasteiger charge is -2.05. The minimum Gasteiger partial charge on any atom is -0.368 e. The van der Waals surface area contributed by atoms with E-state index in [0.717, 1.165) is 6.42 Å². The Morgan fingerprint density at radius 1 is 0.944 bits per heavy atom. The van der Waals surface area contributed by atoms with Crippen molar-refractivity contribution < 1.29 is 9.84 Å². The van der Waals surface area contributed by atoms with E-state index < -0.39 is 6.29 Å². The van der Waals surface area contributed by atoms with Crippen LogP contribution in [0.2, 0.25) is 0 Å². The molecule has 0 aliphatic heterocycles. The van der Waals surface area contributed by atoms with Crippen LogP contribution in [0.25, 0.3) is 0 Å². The quantitative estimate of drug-likeness (QED) is 0.313. The van der Waals surface area contributed by atoms with Gasteiger partial charge in [-0.25, -0.2) is 0 Å². The molecule has 0 bridgehead atoms. The zero-order valence-corrected chi connectivity index (χ0v) is 12.1. The molecule has 1 unspecified atom stereocenters. The molecule has 0 amide bonds.